The number of nitriles is 1. The Balaban J connectivity index is 1.67. The third-order valence-electron chi connectivity index (χ3n) is 4.90. The first-order chi connectivity index (χ1) is 14.4. The Morgan fingerprint density at radius 1 is 1.33 bits per heavy atom. The lowest BCUT2D eigenvalue weighted by Gasteiger charge is -2.26. The number of nitrogens with zero attached hydrogens (tertiary/aromatic N) is 2. The van der Waals surface area contributed by atoms with E-state index in [4.69, 9.17) is 14.9 Å². The third-order valence-corrected chi connectivity index (χ3v) is 6.03. The maximum absolute atomic E-state index is 12.6. The molecule has 3 rings (SSSR count). The highest BCUT2D eigenvalue weighted by molar-refractivity contribution is 7.16. The highest BCUT2D eigenvalue weighted by atomic mass is 32.1. The zero-order valence-electron chi connectivity index (χ0n) is 16.5. The van der Waals surface area contributed by atoms with Crippen molar-refractivity contribution < 1.29 is 24.5 Å². The van der Waals surface area contributed by atoms with Gasteiger partial charge in [-0.1, -0.05) is 37.3 Å². The lowest BCUT2D eigenvalue weighted by molar-refractivity contribution is -0.116. The molecule has 0 spiro atoms. The molecule has 1 aromatic heterocycles. The Labute approximate surface area is 178 Å². The molecule has 2 amide bonds. The Morgan fingerprint density at radius 3 is 2.73 bits per heavy atom. The lowest BCUT2D eigenvalue weighted by Crippen LogP contribution is -2.37. The van der Waals surface area contributed by atoms with Gasteiger partial charge in [0.2, 0.25) is 5.91 Å². The van der Waals surface area contributed by atoms with Crippen LogP contribution in [0.25, 0.3) is 0 Å². The summed E-state index contributed by atoms with van der Waals surface area (Å²) in [5, 5.41) is 30.6. The minimum absolute atomic E-state index is 0.0402. The highest BCUT2D eigenvalue weighted by Crippen LogP contribution is 2.37. The van der Waals surface area contributed by atoms with Crippen LogP contribution in [0.4, 0.5) is 9.80 Å². The molecule has 9 heteroatoms. The van der Waals surface area contributed by atoms with Crippen molar-refractivity contribution in [3.63, 3.8) is 0 Å². The van der Waals surface area contributed by atoms with Crippen molar-refractivity contribution in [1.29, 1.82) is 5.26 Å². The van der Waals surface area contributed by atoms with Gasteiger partial charge in [-0.05, 0) is 23.5 Å². The number of aliphatic hydroxyl groups excluding tert-OH is 1. The Morgan fingerprint density at radius 2 is 2.07 bits per heavy atom. The van der Waals surface area contributed by atoms with Crippen molar-refractivity contribution in [2.45, 2.75) is 38.5 Å². The fraction of sp³-hybridized carbons (Fsp3) is 0.381. The summed E-state index contributed by atoms with van der Waals surface area (Å²) in [6.07, 6.45) is -1.62. The summed E-state index contributed by atoms with van der Waals surface area (Å²) in [7, 11) is 0. The van der Waals surface area contributed by atoms with E-state index in [-0.39, 0.29) is 18.4 Å². The normalized spacial score (nSPS) is 14.0. The maximum atomic E-state index is 12.6. The van der Waals surface area contributed by atoms with Gasteiger partial charge in [-0.3, -0.25) is 4.79 Å². The number of hydrogen-bond acceptors (Lipinski definition) is 7. The zero-order chi connectivity index (χ0) is 21.7. The molecule has 0 bridgehead atoms. The van der Waals surface area contributed by atoms with E-state index in [0.717, 1.165) is 16.0 Å². The van der Waals surface area contributed by atoms with Crippen molar-refractivity contribution in [3.8, 4) is 6.07 Å². The van der Waals surface area contributed by atoms with Crippen LogP contribution in [-0.4, -0.2) is 46.6 Å². The molecule has 8 nitrogen and oxygen atoms in total. The molecule has 0 aliphatic carbocycles. The predicted octanol–water partition coefficient (Wildman–Crippen LogP) is 2.56. The molecule has 0 saturated heterocycles. The fourth-order valence-corrected chi connectivity index (χ4v) is 4.59. The van der Waals surface area contributed by atoms with Crippen LogP contribution >= 0.6 is 11.3 Å². The van der Waals surface area contributed by atoms with Crippen LogP contribution in [-0.2, 0) is 22.5 Å². The maximum Gasteiger partial charge on any atom is 0.410 e. The van der Waals surface area contributed by atoms with Gasteiger partial charge < -0.3 is 25.2 Å². The molecule has 1 unspecified atom stereocenters. The van der Waals surface area contributed by atoms with Gasteiger partial charge in [0.1, 0.15) is 17.7 Å². The number of carbonyl (C=O) groups excluding carboxylic acids is 2. The average Bonchev–Trinajstić information content (AvgIpc) is 3.08. The summed E-state index contributed by atoms with van der Waals surface area (Å²) in [5.41, 5.74) is 2.34. The van der Waals surface area contributed by atoms with Crippen molar-refractivity contribution >= 4 is 28.3 Å². The van der Waals surface area contributed by atoms with Crippen LogP contribution in [0.15, 0.2) is 30.3 Å². The van der Waals surface area contributed by atoms with Crippen molar-refractivity contribution in [3.05, 3.63) is 51.9 Å². The fourth-order valence-electron chi connectivity index (χ4n) is 3.36. The number of thiophene rings is 1. The molecule has 1 aromatic carbocycles. The Bertz CT molecular complexity index is 952. The molecule has 3 N–H and O–H groups in total. The smallest absolute Gasteiger partial charge is 0.410 e. The largest absolute Gasteiger partial charge is 0.444 e. The summed E-state index contributed by atoms with van der Waals surface area (Å²) < 4.78 is 4.83. The van der Waals surface area contributed by atoms with Crippen molar-refractivity contribution in [1.82, 2.24) is 4.90 Å². The number of nitrogens with one attached hydrogen (secondary N) is 1. The van der Waals surface area contributed by atoms with Gasteiger partial charge in [0.25, 0.3) is 0 Å². The summed E-state index contributed by atoms with van der Waals surface area (Å²) in [4.78, 5) is 26.9. The van der Waals surface area contributed by atoms with Gasteiger partial charge in [-0.2, -0.15) is 5.26 Å². The standard InChI is InChI=1S/C21H23N3O5S/c1-13(14-5-3-2-4-6-14)9-18(25)23-20-16(10-22)15-7-8-24(11-17(15)30-20)21(28)29-12-19(26)27/h2-6,13,19,26-27H,7-9,11-12H2,1H3,(H,23,25). The van der Waals surface area contributed by atoms with Gasteiger partial charge in [0.15, 0.2) is 6.29 Å². The van der Waals surface area contributed by atoms with Crippen LogP contribution in [0.5, 0.6) is 0 Å². The molecule has 2 aromatic rings. The number of aliphatic hydroxyl groups is 2. The van der Waals surface area contributed by atoms with Crippen molar-refractivity contribution in [2.24, 2.45) is 0 Å². The highest BCUT2D eigenvalue weighted by Gasteiger charge is 2.28. The van der Waals surface area contributed by atoms with Crippen LogP contribution in [0.1, 0.15) is 40.8 Å². The van der Waals surface area contributed by atoms with Crippen LogP contribution in [0.3, 0.4) is 0 Å². The number of rotatable bonds is 6. The molecule has 1 aliphatic heterocycles. The molecule has 2 heterocycles. The molecule has 1 aliphatic rings. The van der Waals surface area contributed by atoms with Gasteiger partial charge in [0.05, 0.1) is 12.1 Å². The minimum Gasteiger partial charge on any atom is -0.444 e. The number of anilines is 1. The van der Waals surface area contributed by atoms with Gasteiger partial charge >= 0.3 is 6.09 Å². The van der Waals surface area contributed by atoms with E-state index >= 15 is 0 Å². The molecule has 0 radical (unpaired) electrons. The van der Waals surface area contributed by atoms with E-state index in [1.165, 1.54) is 16.2 Å². The molecule has 0 saturated carbocycles. The summed E-state index contributed by atoms with van der Waals surface area (Å²) in [6, 6.07) is 11.9. The Hall–Kier alpha value is -2.93. The number of benzene rings is 1. The van der Waals surface area contributed by atoms with E-state index in [0.29, 0.717) is 30.0 Å². The van der Waals surface area contributed by atoms with E-state index in [2.05, 4.69) is 11.4 Å². The van der Waals surface area contributed by atoms with Gasteiger partial charge in [-0.25, -0.2) is 4.79 Å². The van der Waals surface area contributed by atoms with Gasteiger partial charge in [0, 0.05) is 17.8 Å². The molecule has 30 heavy (non-hydrogen) atoms. The average molecular weight is 429 g/mol. The molecule has 1 atom stereocenters. The van der Waals surface area contributed by atoms with Crippen LogP contribution < -0.4 is 5.32 Å². The monoisotopic (exact) mass is 429 g/mol. The molecule has 158 valence electrons. The first-order valence-corrected chi connectivity index (χ1v) is 10.4. The number of fused-ring (bicyclic) bond motifs is 1. The second kappa shape index (κ2) is 9.71. The zero-order valence-corrected chi connectivity index (χ0v) is 17.3. The third kappa shape index (κ3) is 5.16. The first kappa shape index (κ1) is 21.8. The SMILES string of the molecule is CC(CC(=O)Nc1sc2c(c1C#N)CCN(C(=O)OCC(O)O)C2)c1ccccc1. The Kier molecular flexibility index (Phi) is 7.05. The summed E-state index contributed by atoms with van der Waals surface area (Å²) >= 11 is 1.28. The quantitative estimate of drug-likeness (QED) is 0.607. The van der Waals surface area contributed by atoms with E-state index in [1.54, 1.807) is 0 Å². The van der Waals surface area contributed by atoms with E-state index in [1.807, 2.05) is 37.3 Å². The summed E-state index contributed by atoms with van der Waals surface area (Å²) in [6.45, 7) is 2.06. The van der Waals surface area contributed by atoms with E-state index < -0.39 is 19.0 Å². The van der Waals surface area contributed by atoms with Crippen molar-refractivity contribution in [2.75, 3.05) is 18.5 Å². The topological polar surface area (TPSA) is 123 Å². The van der Waals surface area contributed by atoms with E-state index in [9.17, 15) is 14.9 Å². The van der Waals surface area contributed by atoms with Crippen LogP contribution in [0.2, 0.25) is 0 Å². The summed E-state index contributed by atoms with van der Waals surface area (Å²) in [5.74, 6) is -0.131. The van der Waals surface area contributed by atoms with Crippen LogP contribution in [0, 0.1) is 11.3 Å². The molecule has 0 fully saturated rings. The second-order valence-corrected chi connectivity index (χ2v) is 8.22. The number of carbonyl (C=O) groups is 2. The first-order valence-electron chi connectivity index (χ1n) is 9.56. The minimum atomic E-state index is -1.72. The number of ether oxygens (including phenoxy) is 1. The second-order valence-electron chi connectivity index (χ2n) is 7.11. The molecular weight excluding hydrogens is 406 g/mol. The number of amides is 2. The predicted molar refractivity (Wildman–Crippen MR) is 111 cm³/mol. The lowest BCUT2D eigenvalue weighted by atomic mass is 9.97. The number of hydrogen-bond donors (Lipinski definition) is 3. The van der Waals surface area contributed by atoms with Gasteiger partial charge in [-0.15, -0.1) is 11.3 Å². The molecular formula is C21H23N3O5S.